The van der Waals surface area contributed by atoms with Crippen LogP contribution in [0.4, 0.5) is 0 Å². The minimum Gasteiger partial charge on any atom is -0.478 e. The second-order valence-electron chi connectivity index (χ2n) is 10.7. The Balaban J connectivity index is 1.42. The van der Waals surface area contributed by atoms with Gasteiger partial charge in [-0.25, -0.2) is 19.7 Å². The van der Waals surface area contributed by atoms with Crippen LogP contribution in [0.2, 0.25) is 0 Å². The molecule has 6 aromatic rings. The monoisotopic (exact) mass is 680 g/mol. The second kappa shape index (κ2) is 11.1. The van der Waals surface area contributed by atoms with Gasteiger partial charge in [0.2, 0.25) is 0 Å². The zero-order valence-electron chi connectivity index (χ0n) is 22.6. The van der Waals surface area contributed by atoms with E-state index >= 15 is 0 Å². The molecule has 1 fully saturated rings. The first-order valence-corrected chi connectivity index (χ1v) is 15.6. The molecule has 7 rings (SSSR count). The number of aromatic carboxylic acids is 1. The number of carbonyl (C=O) groups is 1. The van der Waals surface area contributed by atoms with Crippen molar-refractivity contribution in [2.45, 2.75) is 38.1 Å². The number of rotatable bonds is 5. The first kappa shape index (κ1) is 27.0. The molecule has 0 radical (unpaired) electrons. The van der Waals surface area contributed by atoms with E-state index in [0.29, 0.717) is 11.6 Å². The van der Waals surface area contributed by atoms with Crippen LogP contribution < -0.4 is 0 Å². The van der Waals surface area contributed by atoms with Crippen LogP contribution >= 0.6 is 31.9 Å². The molecule has 8 heteroatoms. The number of carboxylic acids is 1. The Bertz CT molecular complexity index is 1960. The molecule has 4 aromatic carbocycles. The maximum Gasteiger partial charge on any atom is 0.335 e. The summed E-state index contributed by atoms with van der Waals surface area (Å²) in [6.07, 6.45) is 5.76. The molecule has 1 N–H and O–H groups in total. The fourth-order valence-electron chi connectivity index (χ4n) is 5.96. The third-order valence-electron chi connectivity index (χ3n) is 8.03. The zero-order valence-corrected chi connectivity index (χ0v) is 25.8. The Kier molecular flexibility index (Phi) is 7.12. The average molecular weight is 682 g/mol. The fourth-order valence-corrected chi connectivity index (χ4v) is 6.48. The standard InChI is InChI=1S/C34H26Br2N4O2/c35-24-12-6-20(7-13-24)31-32(21-8-14-25(36)15-9-21)38-28-18-22(10-16-27(28)37-31)33-39-29-19-23(34(41)42)11-17-30(29)40(33)26-4-2-1-3-5-26/h6-19,26H,1-5H2,(H,41,42). The smallest absolute Gasteiger partial charge is 0.335 e. The summed E-state index contributed by atoms with van der Waals surface area (Å²) in [5.41, 5.74) is 8.01. The van der Waals surface area contributed by atoms with Crippen molar-refractivity contribution in [1.29, 1.82) is 0 Å². The molecule has 1 saturated carbocycles. The van der Waals surface area contributed by atoms with E-state index in [1.807, 2.05) is 36.4 Å². The Hall–Kier alpha value is -3.88. The maximum absolute atomic E-state index is 11.7. The molecule has 2 heterocycles. The Labute approximate surface area is 259 Å². The molecule has 208 valence electrons. The molecular weight excluding hydrogens is 656 g/mol. The van der Waals surface area contributed by atoms with Gasteiger partial charge in [0.25, 0.3) is 0 Å². The van der Waals surface area contributed by atoms with E-state index in [-0.39, 0.29) is 5.56 Å². The van der Waals surface area contributed by atoms with Gasteiger partial charge in [0.05, 0.1) is 39.0 Å². The van der Waals surface area contributed by atoms with Gasteiger partial charge in [-0.1, -0.05) is 75.4 Å². The van der Waals surface area contributed by atoms with Crippen molar-refractivity contribution in [2.24, 2.45) is 0 Å². The van der Waals surface area contributed by atoms with Crippen molar-refractivity contribution in [2.75, 3.05) is 0 Å². The quantitative estimate of drug-likeness (QED) is 0.196. The predicted molar refractivity (Wildman–Crippen MR) is 174 cm³/mol. The van der Waals surface area contributed by atoms with Gasteiger partial charge in [-0.15, -0.1) is 0 Å². The molecule has 2 aromatic heterocycles. The summed E-state index contributed by atoms with van der Waals surface area (Å²) in [6.45, 7) is 0. The van der Waals surface area contributed by atoms with Crippen LogP contribution in [-0.2, 0) is 0 Å². The SMILES string of the molecule is O=C(O)c1ccc2c(c1)nc(-c1ccc3nc(-c4ccc(Br)cc4)c(-c4ccc(Br)cc4)nc3c1)n2C1CCCCC1. The number of hydrogen-bond acceptors (Lipinski definition) is 4. The van der Waals surface area contributed by atoms with Gasteiger partial charge in [-0.05, 0) is 73.5 Å². The van der Waals surface area contributed by atoms with Crippen LogP contribution in [0.25, 0.3) is 56.0 Å². The van der Waals surface area contributed by atoms with E-state index in [0.717, 1.165) is 72.2 Å². The molecular formula is C34H26Br2N4O2. The predicted octanol–water partition coefficient (Wildman–Crippen LogP) is 9.71. The highest BCUT2D eigenvalue weighted by molar-refractivity contribution is 9.10. The van der Waals surface area contributed by atoms with Crippen molar-refractivity contribution < 1.29 is 9.90 Å². The molecule has 0 saturated heterocycles. The van der Waals surface area contributed by atoms with E-state index in [1.54, 1.807) is 12.1 Å². The third kappa shape index (κ3) is 5.03. The van der Waals surface area contributed by atoms with Gasteiger partial charge in [-0.2, -0.15) is 0 Å². The van der Waals surface area contributed by atoms with Gasteiger partial charge < -0.3 is 9.67 Å². The lowest BCUT2D eigenvalue weighted by atomic mass is 9.94. The Morgan fingerprint density at radius 1 is 0.667 bits per heavy atom. The van der Waals surface area contributed by atoms with Crippen molar-refractivity contribution in [3.63, 3.8) is 0 Å². The van der Waals surface area contributed by atoms with Gasteiger partial charge in [-0.3, -0.25) is 0 Å². The minimum absolute atomic E-state index is 0.242. The first-order valence-electron chi connectivity index (χ1n) is 14.0. The van der Waals surface area contributed by atoms with E-state index < -0.39 is 5.97 Å². The fraction of sp³-hybridized carbons (Fsp3) is 0.176. The van der Waals surface area contributed by atoms with Crippen molar-refractivity contribution in [1.82, 2.24) is 19.5 Å². The van der Waals surface area contributed by atoms with E-state index in [2.05, 4.69) is 72.8 Å². The van der Waals surface area contributed by atoms with Crippen LogP contribution in [0.15, 0.2) is 93.9 Å². The van der Waals surface area contributed by atoms with Crippen molar-refractivity contribution in [3.05, 3.63) is 99.4 Å². The lowest BCUT2D eigenvalue weighted by Crippen LogP contribution is -2.14. The largest absolute Gasteiger partial charge is 0.478 e. The molecule has 42 heavy (non-hydrogen) atoms. The Morgan fingerprint density at radius 3 is 1.88 bits per heavy atom. The van der Waals surface area contributed by atoms with E-state index in [9.17, 15) is 9.90 Å². The third-order valence-corrected chi connectivity index (χ3v) is 9.09. The number of imidazole rings is 1. The molecule has 0 bridgehead atoms. The van der Waals surface area contributed by atoms with Gasteiger partial charge in [0.15, 0.2) is 0 Å². The van der Waals surface area contributed by atoms with E-state index in [4.69, 9.17) is 15.0 Å². The summed E-state index contributed by atoms with van der Waals surface area (Å²) in [7, 11) is 0. The zero-order chi connectivity index (χ0) is 28.8. The summed E-state index contributed by atoms with van der Waals surface area (Å²) in [5, 5.41) is 9.60. The van der Waals surface area contributed by atoms with Crippen molar-refractivity contribution in [3.8, 4) is 33.9 Å². The number of aromatic nitrogens is 4. The van der Waals surface area contributed by atoms with Crippen LogP contribution in [0.3, 0.4) is 0 Å². The second-order valence-corrected chi connectivity index (χ2v) is 12.6. The number of benzene rings is 4. The lowest BCUT2D eigenvalue weighted by Gasteiger charge is -2.25. The average Bonchev–Trinajstić information content (AvgIpc) is 3.40. The molecule has 0 aliphatic heterocycles. The number of fused-ring (bicyclic) bond motifs is 2. The molecule has 6 nitrogen and oxygen atoms in total. The van der Waals surface area contributed by atoms with Crippen molar-refractivity contribution >= 4 is 59.9 Å². The summed E-state index contributed by atoms with van der Waals surface area (Å²) in [6, 6.07) is 28.0. The van der Waals surface area contributed by atoms with Gasteiger partial charge in [0, 0.05) is 31.7 Å². The highest BCUT2D eigenvalue weighted by Crippen LogP contribution is 2.38. The molecule has 0 spiro atoms. The summed E-state index contributed by atoms with van der Waals surface area (Å²) < 4.78 is 4.33. The Morgan fingerprint density at radius 2 is 1.26 bits per heavy atom. The molecule has 0 amide bonds. The van der Waals surface area contributed by atoms with Crippen LogP contribution in [0, 0.1) is 0 Å². The lowest BCUT2D eigenvalue weighted by molar-refractivity contribution is 0.0697. The first-order chi connectivity index (χ1) is 20.4. The number of nitrogens with zero attached hydrogens (tertiary/aromatic N) is 4. The highest BCUT2D eigenvalue weighted by Gasteiger charge is 2.24. The van der Waals surface area contributed by atoms with Gasteiger partial charge >= 0.3 is 5.97 Å². The topological polar surface area (TPSA) is 80.9 Å². The number of hydrogen-bond donors (Lipinski definition) is 1. The van der Waals surface area contributed by atoms with Crippen LogP contribution in [-0.4, -0.2) is 30.6 Å². The van der Waals surface area contributed by atoms with Crippen LogP contribution in [0.5, 0.6) is 0 Å². The summed E-state index contributed by atoms with van der Waals surface area (Å²) >= 11 is 7.09. The van der Waals surface area contributed by atoms with Crippen LogP contribution in [0.1, 0.15) is 48.5 Å². The molecule has 1 aliphatic rings. The highest BCUT2D eigenvalue weighted by atomic mass is 79.9. The van der Waals surface area contributed by atoms with E-state index in [1.165, 1.54) is 19.3 Å². The maximum atomic E-state index is 11.7. The normalized spacial score (nSPS) is 14.0. The molecule has 0 atom stereocenters. The van der Waals surface area contributed by atoms with Gasteiger partial charge in [0.1, 0.15) is 5.82 Å². The molecule has 0 unspecified atom stereocenters. The number of halogens is 2. The molecule has 1 aliphatic carbocycles. The minimum atomic E-state index is -0.950. The summed E-state index contributed by atoms with van der Waals surface area (Å²) in [4.78, 5) is 27.0. The summed E-state index contributed by atoms with van der Waals surface area (Å²) in [5.74, 6) is -0.112. The number of carboxylic acid groups (broad SMARTS) is 1.